The van der Waals surface area contributed by atoms with Crippen molar-refractivity contribution in [1.29, 1.82) is 0 Å². The molecule has 0 saturated heterocycles. The monoisotopic (exact) mass is 385 g/mol. The van der Waals surface area contributed by atoms with Crippen LogP contribution in [-0.2, 0) is 12.8 Å². The first-order valence-corrected chi connectivity index (χ1v) is 10.5. The van der Waals surface area contributed by atoms with Gasteiger partial charge in [-0.1, -0.05) is 90.1 Å². The second kappa shape index (κ2) is 8.89. The van der Waals surface area contributed by atoms with Crippen molar-refractivity contribution in [2.75, 3.05) is 5.75 Å². The van der Waals surface area contributed by atoms with Crippen molar-refractivity contribution in [3.05, 3.63) is 107 Å². The van der Waals surface area contributed by atoms with Crippen molar-refractivity contribution < 1.29 is 0 Å². The van der Waals surface area contributed by atoms with Gasteiger partial charge in [0.1, 0.15) is 5.82 Å². The number of rotatable bonds is 7. The molecule has 0 aliphatic carbocycles. The molecule has 0 aliphatic heterocycles. The topological polar surface area (TPSA) is 30.7 Å². The van der Waals surface area contributed by atoms with E-state index in [0.717, 1.165) is 35.3 Å². The average Bonchev–Trinajstić information content (AvgIpc) is 3.12. The van der Waals surface area contributed by atoms with Gasteiger partial charge in [-0.2, -0.15) is 0 Å². The molecule has 4 heteroatoms. The van der Waals surface area contributed by atoms with Gasteiger partial charge in [-0.05, 0) is 36.6 Å². The first kappa shape index (κ1) is 18.5. The van der Waals surface area contributed by atoms with Gasteiger partial charge in [0, 0.05) is 17.9 Å². The van der Waals surface area contributed by atoms with Crippen molar-refractivity contribution in [3.8, 4) is 5.69 Å². The number of nitrogens with zero attached hydrogens (tertiary/aromatic N) is 3. The van der Waals surface area contributed by atoms with Gasteiger partial charge in [0.05, 0.1) is 0 Å². The van der Waals surface area contributed by atoms with E-state index in [9.17, 15) is 0 Å². The molecule has 0 saturated carbocycles. The lowest BCUT2D eigenvalue weighted by Gasteiger charge is -2.11. The highest BCUT2D eigenvalue weighted by Gasteiger charge is 2.15. The minimum absolute atomic E-state index is 0.765. The molecule has 0 atom stereocenters. The standard InChI is InChI=1S/C24H23N3S/c1-19-12-14-22(15-13-19)27-23(18-21-10-6-3-7-11-21)25-26-24(27)28-17-16-20-8-4-2-5-9-20/h2-15H,16-18H2,1H3. The molecule has 0 spiro atoms. The predicted octanol–water partition coefficient (Wildman–Crippen LogP) is 5.50. The number of hydrogen-bond donors (Lipinski definition) is 0. The summed E-state index contributed by atoms with van der Waals surface area (Å²) >= 11 is 1.76. The molecule has 0 N–H and O–H groups in total. The lowest BCUT2D eigenvalue weighted by molar-refractivity contribution is 0.847. The highest BCUT2D eigenvalue weighted by molar-refractivity contribution is 7.99. The fourth-order valence-corrected chi connectivity index (χ4v) is 4.10. The second-order valence-corrected chi connectivity index (χ2v) is 7.88. The van der Waals surface area contributed by atoms with Gasteiger partial charge in [-0.25, -0.2) is 0 Å². The molecular formula is C24H23N3S. The zero-order chi connectivity index (χ0) is 19.2. The maximum Gasteiger partial charge on any atom is 0.195 e. The van der Waals surface area contributed by atoms with E-state index in [0.29, 0.717) is 0 Å². The molecular weight excluding hydrogens is 362 g/mol. The summed E-state index contributed by atoms with van der Waals surface area (Å²) < 4.78 is 2.20. The summed E-state index contributed by atoms with van der Waals surface area (Å²) in [4.78, 5) is 0. The number of benzene rings is 3. The van der Waals surface area contributed by atoms with E-state index >= 15 is 0 Å². The van der Waals surface area contributed by atoms with Crippen molar-refractivity contribution in [3.63, 3.8) is 0 Å². The van der Waals surface area contributed by atoms with Crippen LogP contribution in [0.15, 0.2) is 90.1 Å². The van der Waals surface area contributed by atoms with Gasteiger partial charge in [-0.3, -0.25) is 4.57 Å². The van der Waals surface area contributed by atoms with Crippen LogP contribution in [0.3, 0.4) is 0 Å². The van der Waals surface area contributed by atoms with Gasteiger partial charge in [0.15, 0.2) is 5.16 Å². The predicted molar refractivity (Wildman–Crippen MR) is 116 cm³/mol. The third-order valence-electron chi connectivity index (χ3n) is 4.66. The van der Waals surface area contributed by atoms with Crippen LogP contribution in [0.25, 0.3) is 5.69 Å². The van der Waals surface area contributed by atoms with Gasteiger partial charge < -0.3 is 0 Å². The number of aromatic nitrogens is 3. The van der Waals surface area contributed by atoms with Crippen molar-refractivity contribution in [1.82, 2.24) is 14.8 Å². The molecule has 28 heavy (non-hydrogen) atoms. The Morgan fingerprint density at radius 2 is 1.39 bits per heavy atom. The Morgan fingerprint density at radius 1 is 0.750 bits per heavy atom. The first-order valence-electron chi connectivity index (χ1n) is 9.51. The quantitative estimate of drug-likeness (QED) is 0.394. The molecule has 0 amide bonds. The minimum atomic E-state index is 0.765. The van der Waals surface area contributed by atoms with E-state index in [1.807, 2.05) is 6.07 Å². The summed E-state index contributed by atoms with van der Waals surface area (Å²) in [6.07, 6.45) is 1.78. The summed E-state index contributed by atoms with van der Waals surface area (Å²) in [5, 5.41) is 10.00. The molecule has 3 nitrogen and oxygen atoms in total. The van der Waals surface area contributed by atoms with E-state index in [1.54, 1.807) is 11.8 Å². The molecule has 0 fully saturated rings. The van der Waals surface area contributed by atoms with Gasteiger partial charge >= 0.3 is 0 Å². The van der Waals surface area contributed by atoms with E-state index in [1.165, 1.54) is 16.7 Å². The smallest absolute Gasteiger partial charge is 0.195 e. The number of aryl methyl sites for hydroxylation is 2. The van der Waals surface area contributed by atoms with Crippen LogP contribution < -0.4 is 0 Å². The van der Waals surface area contributed by atoms with Crippen LogP contribution in [0.4, 0.5) is 0 Å². The Bertz CT molecular complexity index is 1010. The Hall–Kier alpha value is -2.85. The van der Waals surface area contributed by atoms with Crippen LogP contribution in [0.1, 0.15) is 22.5 Å². The molecule has 0 unspecified atom stereocenters. The zero-order valence-electron chi connectivity index (χ0n) is 16.0. The maximum atomic E-state index is 4.53. The lowest BCUT2D eigenvalue weighted by Crippen LogP contribution is -2.04. The third kappa shape index (κ3) is 4.52. The second-order valence-electron chi connectivity index (χ2n) is 6.82. The third-order valence-corrected chi connectivity index (χ3v) is 5.59. The largest absolute Gasteiger partial charge is 0.274 e. The molecule has 1 aromatic heterocycles. The van der Waals surface area contributed by atoms with Crippen LogP contribution in [0.2, 0.25) is 0 Å². The summed E-state index contributed by atoms with van der Waals surface area (Å²) in [6.45, 7) is 2.11. The van der Waals surface area contributed by atoms with E-state index in [4.69, 9.17) is 0 Å². The van der Waals surface area contributed by atoms with Crippen molar-refractivity contribution >= 4 is 11.8 Å². The molecule has 140 valence electrons. The van der Waals surface area contributed by atoms with Crippen LogP contribution in [0, 0.1) is 6.92 Å². The lowest BCUT2D eigenvalue weighted by atomic mass is 10.1. The summed E-state index contributed by atoms with van der Waals surface area (Å²) in [5.41, 5.74) is 4.95. The summed E-state index contributed by atoms with van der Waals surface area (Å²) in [5.74, 6) is 1.94. The van der Waals surface area contributed by atoms with Crippen LogP contribution in [0.5, 0.6) is 0 Å². The fraction of sp³-hybridized carbons (Fsp3) is 0.167. The molecule has 0 bridgehead atoms. The first-order chi connectivity index (χ1) is 13.8. The molecule has 1 heterocycles. The minimum Gasteiger partial charge on any atom is -0.274 e. The van der Waals surface area contributed by atoms with Crippen molar-refractivity contribution in [2.24, 2.45) is 0 Å². The highest BCUT2D eigenvalue weighted by Crippen LogP contribution is 2.24. The normalized spacial score (nSPS) is 10.9. The van der Waals surface area contributed by atoms with E-state index in [-0.39, 0.29) is 0 Å². The molecule has 0 radical (unpaired) electrons. The van der Waals surface area contributed by atoms with E-state index < -0.39 is 0 Å². The molecule has 0 aliphatic rings. The summed E-state index contributed by atoms with van der Waals surface area (Å²) in [7, 11) is 0. The van der Waals surface area contributed by atoms with E-state index in [2.05, 4.69) is 101 Å². The maximum absolute atomic E-state index is 4.53. The zero-order valence-corrected chi connectivity index (χ0v) is 16.8. The summed E-state index contributed by atoms with van der Waals surface area (Å²) in [6, 6.07) is 29.6. The molecule has 3 aromatic carbocycles. The Balaban J connectivity index is 1.59. The molecule has 4 rings (SSSR count). The van der Waals surface area contributed by atoms with Crippen LogP contribution in [-0.4, -0.2) is 20.5 Å². The fourth-order valence-electron chi connectivity index (χ4n) is 3.14. The molecule has 4 aromatic rings. The Labute approximate surface area is 170 Å². The van der Waals surface area contributed by atoms with Gasteiger partial charge in [0.2, 0.25) is 0 Å². The number of thioether (sulfide) groups is 1. The Kier molecular flexibility index (Phi) is 5.88. The highest BCUT2D eigenvalue weighted by atomic mass is 32.2. The SMILES string of the molecule is Cc1ccc(-n2c(Cc3ccccc3)nnc2SCCc2ccccc2)cc1. The van der Waals surface area contributed by atoms with Crippen LogP contribution >= 0.6 is 11.8 Å². The van der Waals surface area contributed by atoms with Gasteiger partial charge in [0.25, 0.3) is 0 Å². The van der Waals surface area contributed by atoms with Crippen molar-refractivity contribution in [2.45, 2.75) is 24.9 Å². The average molecular weight is 386 g/mol. The number of hydrogen-bond acceptors (Lipinski definition) is 3. The Morgan fingerprint density at radius 3 is 2.07 bits per heavy atom. The van der Waals surface area contributed by atoms with Gasteiger partial charge in [-0.15, -0.1) is 10.2 Å².